The Morgan fingerprint density at radius 3 is 2.44 bits per heavy atom. The summed E-state index contributed by atoms with van der Waals surface area (Å²) in [5.41, 5.74) is 1.99. The van der Waals surface area contributed by atoms with Gasteiger partial charge in [0.15, 0.2) is 16.6 Å². The highest BCUT2D eigenvalue weighted by molar-refractivity contribution is 7.80. The minimum Gasteiger partial charge on any atom is -0.494 e. The van der Waals surface area contributed by atoms with E-state index in [2.05, 4.69) is 5.32 Å². The number of amides is 2. The molecule has 1 aliphatic rings. The number of nitrogens with zero attached hydrogens (tertiary/aromatic N) is 2. The third-order valence-electron chi connectivity index (χ3n) is 6.18. The Labute approximate surface area is 238 Å². The van der Waals surface area contributed by atoms with Crippen LogP contribution in [0.25, 0.3) is 0 Å². The van der Waals surface area contributed by atoms with Crippen molar-refractivity contribution in [1.29, 1.82) is 0 Å². The molecule has 1 fully saturated rings. The van der Waals surface area contributed by atoms with Crippen molar-refractivity contribution in [3.63, 3.8) is 0 Å². The smallest absolute Gasteiger partial charge is 0.256 e. The van der Waals surface area contributed by atoms with Gasteiger partial charge in [0.2, 0.25) is 5.91 Å². The van der Waals surface area contributed by atoms with E-state index in [1.54, 1.807) is 73.7 Å². The third kappa shape index (κ3) is 6.61. The van der Waals surface area contributed by atoms with Crippen molar-refractivity contribution in [3.05, 3.63) is 77.3 Å². The quantitative estimate of drug-likeness (QED) is 0.299. The molecular weight excluding hydrogens is 538 g/mol. The minimum atomic E-state index is -0.822. The maximum absolute atomic E-state index is 13.7. The average Bonchev–Trinajstić information content (AvgIpc) is 3.16. The molecule has 0 radical (unpaired) electrons. The molecule has 0 aromatic heterocycles. The Hall–Kier alpha value is -3.82. The first-order chi connectivity index (χ1) is 18.8. The highest BCUT2D eigenvalue weighted by Crippen LogP contribution is 2.33. The van der Waals surface area contributed by atoms with Crippen molar-refractivity contribution in [1.82, 2.24) is 4.90 Å². The standard InChI is InChI=1S/C29H30ClN3O5S/c1-4-14-38-23-11-9-21(10-12-23)31-27(34)17-24-28(35)33(22-7-5-6-20(30)16-22)29(39)32(24)18-19-8-13-25(36-2)26(15-19)37-3/h5-13,15-16,24H,4,14,17-18H2,1-3H3,(H,31,34). The summed E-state index contributed by atoms with van der Waals surface area (Å²) in [6, 6.07) is 18.7. The van der Waals surface area contributed by atoms with E-state index in [0.717, 1.165) is 17.7 Å². The third-order valence-corrected chi connectivity index (χ3v) is 6.83. The highest BCUT2D eigenvalue weighted by Gasteiger charge is 2.44. The van der Waals surface area contributed by atoms with E-state index < -0.39 is 6.04 Å². The molecule has 0 aliphatic carbocycles. The molecule has 39 heavy (non-hydrogen) atoms. The maximum atomic E-state index is 13.7. The van der Waals surface area contributed by atoms with Crippen LogP contribution in [0.5, 0.6) is 17.2 Å². The van der Waals surface area contributed by atoms with Crippen molar-refractivity contribution in [2.45, 2.75) is 32.4 Å². The van der Waals surface area contributed by atoms with Crippen LogP contribution in [-0.4, -0.2) is 48.7 Å². The van der Waals surface area contributed by atoms with Crippen LogP contribution in [0.2, 0.25) is 5.02 Å². The number of carbonyl (C=O) groups is 2. The molecule has 1 saturated heterocycles. The molecule has 10 heteroatoms. The summed E-state index contributed by atoms with van der Waals surface area (Å²) in [5, 5.41) is 3.63. The van der Waals surface area contributed by atoms with Gasteiger partial charge in [-0.15, -0.1) is 0 Å². The average molecular weight is 568 g/mol. The first-order valence-electron chi connectivity index (χ1n) is 12.5. The molecule has 1 aliphatic heterocycles. The lowest BCUT2D eigenvalue weighted by Crippen LogP contribution is -2.37. The summed E-state index contributed by atoms with van der Waals surface area (Å²) < 4.78 is 16.4. The number of anilines is 2. The van der Waals surface area contributed by atoms with Gasteiger partial charge in [0.05, 0.1) is 32.9 Å². The summed E-state index contributed by atoms with van der Waals surface area (Å²) in [4.78, 5) is 30.0. The van der Waals surface area contributed by atoms with E-state index in [1.807, 2.05) is 19.1 Å². The van der Waals surface area contributed by atoms with Gasteiger partial charge < -0.3 is 24.4 Å². The predicted octanol–water partition coefficient (Wildman–Crippen LogP) is 5.68. The van der Waals surface area contributed by atoms with Crippen LogP contribution < -0.4 is 24.4 Å². The zero-order valence-electron chi connectivity index (χ0n) is 22.0. The van der Waals surface area contributed by atoms with E-state index in [9.17, 15) is 9.59 Å². The van der Waals surface area contributed by atoms with Gasteiger partial charge in [-0.1, -0.05) is 30.7 Å². The zero-order valence-corrected chi connectivity index (χ0v) is 23.6. The Kier molecular flexibility index (Phi) is 9.27. The van der Waals surface area contributed by atoms with Gasteiger partial charge in [0.1, 0.15) is 11.8 Å². The lowest BCUT2D eigenvalue weighted by Gasteiger charge is -2.24. The van der Waals surface area contributed by atoms with Crippen LogP contribution in [0, 0.1) is 0 Å². The highest BCUT2D eigenvalue weighted by atomic mass is 35.5. The van der Waals surface area contributed by atoms with E-state index in [1.165, 1.54) is 4.90 Å². The summed E-state index contributed by atoms with van der Waals surface area (Å²) in [6.07, 6.45) is 0.805. The monoisotopic (exact) mass is 567 g/mol. The van der Waals surface area contributed by atoms with Crippen molar-refractivity contribution < 1.29 is 23.8 Å². The second kappa shape index (κ2) is 12.8. The number of carbonyl (C=O) groups excluding carboxylic acids is 2. The normalized spacial score (nSPS) is 14.9. The molecule has 3 aromatic rings. The number of nitrogens with one attached hydrogen (secondary N) is 1. The van der Waals surface area contributed by atoms with Crippen LogP contribution in [0.3, 0.4) is 0 Å². The van der Waals surface area contributed by atoms with Gasteiger partial charge >= 0.3 is 0 Å². The Morgan fingerprint density at radius 1 is 1.03 bits per heavy atom. The molecule has 1 unspecified atom stereocenters. The number of halogens is 1. The van der Waals surface area contributed by atoms with Crippen molar-refractivity contribution in [2.24, 2.45) is 0 Å². The summed E-state index contributed by atoms with van der Waals surface area (Å²) >= 11 is 12.0. The van der Waals surface area contributed by atoms with Crippen molar-refractivity contribution in [2.75, 3.05) is 31.0 Å². The number of hydrogen-bond donors (Lipinski definition) is 1. The number of hydrogen-bond acceptors (Lipinski definition) is 6. The van der Waals surface area contributed by atoms with Crippen LogP contribution in [-0.2, 0) is 16.1 Å². The minimum absolute atomic E-state index is 0.0998. The predicted molar refractivity (Wildman–Crippen MR) is 156 cm³/mol. The zero-order chi connectivity index (χ0) is 27.9. The number of ether oxygens (including phenoxy) is 3. The first-order valence-corrected chi connectivity index (χ1v) is 13.3. The summed E-state index contributed by atoms with van der Waals surface area (Å²) in [5.74, 6) is 1.25. The Bertz CT molecular complexity index is 1350. The van der Waals surface area contributed by atoms with Gasteiger partial charge in [0.25, 0.3) is 5.91 Å². The molecule has 3 aromatic carbocycles. The van der Waals surface area contributed by atoms with Crippen LogP contribution in [0.1, 0.15) is 25.3 Å². The molecule has 0 spiro atoms. The van der Waals surface area contributed by atoms with E-state index in [0.29, 0.717) is 34.5 Å². The number of methoxy groups -OCH3 is 2. The molecule has 8 nitrogen and oxygen atoms in total. The number of rotatable bonds is 11. The van der Waals surface area contributed by atoms with Gasteiger partial charge in [0, 0.05) is 17.3 Å². The Balaban J connectivity index is 1.57. The van der Waals surface area contributed by atoms with Crippen molar-refractivity contribution in [3.8, 4) is 17.2 Å². The first kappa shape index (κ1) is 28.2. The largest absolute Gasteiger partial charge is 0.494 e. The molecule has 204 valence electrons. The fourth-order valence-electron chi connectivity index (χ4n) is 4.28. The molecule has 0 saturated carbocycles. The summed E-state index contributed by atoms with van der Waals surface area (Å²) in [6.45, 7) is 2.93. The maximum Gasteiger partial charge on any atom is 0.256 e. The van der Waals surface area contributed by atoms with Gasteiger partial charge in [-0.05, 0) is 78.8 Å². The van der Waals surface area contributed by atoms with Crippen LogP contribution in [0.15, 0.2) is 66.7 Å². The molecule has 1 atom stereocenters. The molecule has 0 bridgehead atoms. The lowest BCUT2D eigenvalue weighted by molar-refractivity contribution is -0.124. The topological polar surface area (TPSA) is 80.3 Å². The number of thiocarbonyl (C=S) groups is 1. The number of benzene rings is 3. The van der Waals surface area contributed by atoms with Gasteiger partial charge in [-0.3, -0.25) is 14.5 Å². The van der Waals surface area contributed by atoms with Crippen molar-refractivity contribution >= 4 is 52.1 Å². The second-order valence-electron chi connectivity index (χ2n) is 8.89. The van der Waals surface area contributed by atoms with E-state index >= 15 is 0 Å². The molecule has 1 heterocycles. The Morgan fingerprint density at radius 2 is 1.77 bits per heavy atom. The van der Waals surface area contributed by atoms with Crippen LogP contribution in [0.4, 0.5) is 11.4 Å². The fourth-order valence-corrected chi connectivity index (χ4v) is 4.86. The second-order valence-corrected chi connectivity index (χ2v) is 9.70. The summed E-state index contributed by atoms with van der Waals surface area (Å²) in [7, 11) is 3.12. The van der Waals surface area contributed by atoms with Gasteiger partial charge in [-0.25, -0.2) is 0 Å². The molecular formula is C29H30ClN3O5S. The van der Waals surface area contributed by atoms with E-state index in [-0.39, 0.29) is 29.9 Å². The van der Waals surface area contributed by atoms with E-state index in [4.69, 9.17) is 38.0 Å². The lowest BCUT2D eigenvalue weighted by atomic mass is 10.1. The van der Waals surface area contributed by atoms with Gasteiger partial charge in [-0.2, -0.15) is 0 Å². The SMILES string of the molecule is CCCOc1ccc(NC(=O)CC2C(=O)N(c3cccc(Cl)c3)C(=S)N2Cc2ccc(OC)c(OC)c2)cc1. The fraction of sp³-hybridized carbons (Fsp3) is 0.276. The molecule has 4 rings (SSSR count). The molecule has 1 N–H and O–H groups in total. The van der Waals surface area contributed by atoms with Crippen LogP contribution >= 0.6 is 23.8 Å². The molecule has 2 amide bonds.